The quantitative estimate of drug-likeness (QED) is 0.852. The van der Waals surface area contributed by atoms with Crippen LogP contribution in [0.15, 0.2) is 41.3 Å². The molecule has 2 aromatic rings. The molecular weight excluding hydrogens is 291 g/mol. The van der Waals surface area contributed by atoms with Crippen molar-refractivity contribution in [3.05, 3.63) is 58.9 Å². The van der Waals surface area contributed by atoms with E-state index in [2.05, 4.69) is 4.72 Å². The van der Waals surface area contributed by atoms with Crippen LogP contribution in [-0.2, 0) is 16.6 Å². The second kappa shape index (κ2) is 5.83. The van der Waals surface area contributed by atoms with Crippen LogP contribution in [0.2, 0.25) is 0 Å². The van der Waals surface area contributed by atoms with Gasteiger partial charge in [0.15, 0.2) is 0 Å². The fraction of sp³-hybridized carbons (Fsp3) is 0.200. The first kappa shape index (κ1) is 15.5. The molecule has 4 nitrogen and oxygen atoms in total. The summed E-state index contributed by atoms with van der Waals surface area (Å²) in [5.74, 6) is -0.590. The molecule has 0 fully saturated rings. The zero-order valence-corrected chi connectivity index (χ0v) is 12.7. The molecule has 0 aliphatic carbocycles. The van der Waals surface area contributed by atoms with E-state index in [0.29, 0.717) is 0 Å². The third-order valence-corrected chi connectivity index (χ3v) is 4.66. The van der Waals surface area contributed by atoms with Gasteiger partial charge in [0.05, 0.1) is 10.6 Å². The predicted molar refractivity (Wildman–Crippen MR) is 80.8 cm³/mol. The highest BCUT2D eigenvalue weighted by molar-refractivity contribution is 7.89. The Balaban J connectivity index is 2.25. The van der Waals surface area contributed by atoms with Gasteiger partial charge in [-0.25, -0.2) is 17.5 Å². The summed E-state index contributed by atoms with van der Waals surface area (Å²) in [7, 11) is -3.73. The van der Waals surface area contributed by atoms with Crippen molar-refractivity contribution >= 4 is 15.7 Å². The Hall–Kier alpha value is -1.92. The summed E-state index contributed by atoms with van der Waals surface area (Å²) in [6, 6.07) is 9.88. The van der Waals surface area contributed by atoms with Crippen LogP contribution in [0.5, 0.6) is 0 Å². The molecule has 0 unspecified atom stereocenters. The molecule has 0 heterocycles. The number of hydrogen-bond donors (Lipinski definition) is 2. The van der Waals surface area contributed by atoms with E-state index in [-0.39, 0.29) is 22.7 Å². The SMILES string of the molecule is Cc1ccccc1CNS(=O)(=O)c1cc(C)c(F)c(N)c1. The number of halogens is 1. The minimum absolute atomic E-state index is 0.0347. The van der Waals surface area contributed by atoms with Gasteiger partial charge in [-0.05, 0) is 42.7 Å². The summed E-state index contributed by atoms with van der Waals surface area (Å²) < 4.78 is 40.4. The highest BCUT2D eigenvalue weighted by atomic mass is 32.2. The maximum Gasteiger partial charge on any atom is 0.240 e. The predicted octanol–water partition coefficient (Wildman–Crippen LogP) is 2.50. The molecule has 6 heteroatoms. The van der Waals surface area contributed by atoms with Gasteiger partial charge in [-0.15, -0.1) is 0 Å². The van der Waals surface area contributed by atoms with Crippen LogP contribution in [0.3, 0.4) is 0 Å². The molecule has 0 bridgehead atoms. The lowest BCUT2D eigenvalue weighted by Gasteiger charge is -2.10. The van der Waals surface area contributed by atoms with Crippen LogP contribution in [0.4, 0.5) is 10.1 Å². The van der Waals surface area contributed by atoms with Gasteiger partial charge in [0.1, 0.15) is 5.82 Å². The number of nitrogens with two attached hydrogens (primary N) is 1. The Bertz CT molecular complexity index is 750. The average Bonchev–Trinajstić information content (AvgIpc) is 2.43. The van der Waals surface area contributed by atoms with Gasteiger partial charge in [-0.3, -0.25) is 0 Å². The van der Waals surface area contributed by atoms with E-state index in [1.54, 1.807) is 0 Å². The summed E-state index contributed by atoms with van der Waals surface area (Å²) in [5, 5.41) is 0. The number of benzene rings is 2. The van der Waals surface area contributed by atoms with Gasteiger partial charge in [0.2, 0.25) is 10.0 Å². The first-order valence-corrected chi connectivity index (χ1v) is 7.89. The van der Waals surface area contributed by atoms with Crippen molar-refractivity contribution in [1.82, 2.24) is 4.72 Å². The molecule has 0 radical (unpaired) electrons. The third-order valence-electron chi connectivity index (χ3n) is 3.28. The number of anilines is 1. The minimum Gasteiger partial charge on any atom is -0.396 e. The summed E-state index contributed by atoms with van der Waals surface area (Å²) in [5.41, 5.74) is 7.39. The molecular formula is C15H17FN2O2S. The lowest BCUT2D eigenvalue weighted by Crippen LogP contribution is -2.24. The van der Waals surface area contributed by atoms with Gasteiger partial charge < -0.3 is 5.73 Å². The lowest BCUT2D eigenvalue weighted by molar-refractivity contribution is 0.580. The molecule has 21 heavy (non-hydrogen) atoms. The molecule has 0 amide bonds. The smallest absolute Gasteiger partial charge is 0.240 e. The minimum atomic E-state index is -3.73. The van der Waals surface area contributed by atoms with Crippen LogP contribution >= 0.6 is 0 Å². The Labute approximate surface area is 123 Å². The molecule has 0 atom stereocenters. The van der Waals surface area contributed by atoms with Crippen molar-refractivity contribution in [2.45, 2.75) is 25.3 Å². The molecule has 0 aromatic heterocycles. The molecule has 2 rings (SSSR count). The van der Waals surface area contributed by atoms with E-state index >= 15 is 0 Å². The zero-order chi connectivity index (χ0) is 15.6. The van der Waals surface area contributed by atoms with E-state index in [1.807, 2.05) is 31.2 Å². The third kappa shape index (κ3) is 3.40. The van der Waals surface area contributed by atoms with Crippen LogP contribution in [0.1, 0.15) is 16.7 Å². The summed E-state index contributed by atoms with van der Waals surface area (Å²) in [4.78, 5) is -0.0347. The topological polar surface area (TPSA) is 72.2 Å². The average molecular weight is 308 g/mol. The van der Waals surface area contributed by atoms with Crippen molar-refractivity contribution in [2.24, 2.45) is 0 Å². The Kier molecular flexibility index (Phi) is 4.29. The summed E-state index contributed by atoms with van der Waals surface area (Å²) in [6.45, 7) is 3.56. The van der Waals surface area contributed by atoms with Crippen molar-refractivity contribution in [2.75, 3.05) is 5.73 Å². The van der Waals surface area contributed by atoms with Crippen LogP contribution in [0, 0.1) is 19.7 Å². The zero-order valence-electron chi connectivity index (χ0n) is 11.9. The van der Waals surface area contributed by atoms with Crippen molar-refractivity contribution in [1.29, 1.82) is 0 Å². The number of aryl methyl sites for hydroxylation is 2. The standard InChI is InChI=1S/C15H17FN2O2S/c1-10-5-3-4-6-12(10)9-18-21(19,20)13-7-11(2)15(16)14(17)8-13/h3-8,18H,9,17H2,1-2H3. The van der Waals surface area contributed by atoms with Crippen molar-refractivity contribution in [3.8, 4) is 0 Å². The van der Waals surface area contributed by atoms with Crippen LogP contribution in [0.25, 0.3) is 0 Å². The molecule has 2 aromatic carbocycles. The second-order valence-corrected chi connectivity index (χ2v) is 6.66. The molecule has 0 aliphatic heterocycles. The maximum absolute atomic E-state index is 13.5. The van der Waals surface area contributed by atoms with Crippen LogP contribution < -0.4 is 10.5 Å². The monoisotopic (exact) mass is 308 g/mol. The van der Waals surface area contributed by atoms with E-state index in [4.69, 9.17) is 5.73 Å². The van der Waals surface area contributed by atoms with E-state index in [9.17, 15) is 12.8 Å². The second-order valence-electron chi connectivity index (χ2n) is 4.89. The molecule has 3 N–H and O–H groups in total. The van der Waals surface area contributed by atoms with E-state index in [1.165, 1.54) is 13.0 Å². The van der Waals surface area contributed by atoms with Crippen molar-refractivity contribution in [3.63, 3.8) is 0 Å². The fourth-order valence-corrected chi connectivity index (χ4v) is 3.11. The number of hydrogen-bond acceptors (Lipinski definition) is 3. The van der Waals surface area contributed by atoms with E-state index < -0.39 is 15.8 Å². The Morgan fingerprint density at radius 1 is 1.14 bits per heavy atom. The first-order chi connectivity index (χ1) is 9.81. The molecule has 0 saturated heterocycles. The molecule has 0 saturated carbocycles. The van der Waals surface area contributed by atoms with Gasteiger partial charge in [-0.2, -0.15) is 0 Å². The van der Waals surface area contributed by atoms with Crippen molar-refractivity contribution < 1.29 is 12.8 Å². The molecule has 0 spiro atoms. The first-order valence-electron chi connectivity index (χ1n) is 6.41. The van der Waals surface area contributed by atoms with Crippen LogP contribution in [-0.4, -0.2) is 8.42 Å². The Morgan fingerprint density at radius 3 is 2.43 bits per heavy atom. The summed E-state index contributed by atoms with van der Waals surface area (Å²) >= 11 is 0. The largest absolute Gasteiger partial charge is 0.396 e. The normalized spacial score (nSPS) is 11.6. The summed E-state index contributed by atoms with van der Waals surface area (Å²) in [6.07, 6.45) is 0. The van der Waals surface area contributed by atoms with Gasteiger partial charge in [0, 0.05) is 6.54 Å². The number of sulfonamides is 1. The Morgan fingerprint density at radius 2 is 1.81 bits per heavy atom. The van der Waals surface area contributed by atoms with Gasteiger partial charge in [0.25, 0.3) is 0 Å². The highest BCUT2D eigenvalue weighted by Gasteiger charge is 2.17. The van der Waals surface area contributed by atoms with Gasteiger partial charge in [-0.1, -0.05) is 24.3 Å². The number of nitrogens with one attached hydrogen (secondary N) is 1. The van der Waals surface area contributed by atoms with E-state index in [0.717, 1.165) is 17.2 Å². The maximum atomic E-state index is 13.5. The molecule has 112 valence electrons. The number of nitrogen functional groups attached to an aromatic ring is 1. The molecule has 0 aliphatic rings. The highest BCUT2D eigenvalue weighted by Crippen LogP contribution is 2.21. The van der Waals surface area contributed by atoms with Gasteiger partial charge >= 0.3 is 0 Å². The lowest BCUT2D eigenvalue weighted by atomic mass is 10.1. The fourth-order valence-electron chi connectivity index (χ4n) is 1.98. The number of rotatable bonds is 4.